The van der Waals surface area contributed by atoms with E-state index in [-0.39, 0.29) is 0 Å². The molecule has 1 heterocycles. The monoisotopic (exact) mass is 338 g/mol. The van der Waals surface area contributed by atoms with E-state index in [1.54, 1.807) is 0 Å². The molecule has 3 rings (SSSR count). The molecule has 0 saturated carbocycles. The van der Waals surface area contributed by atoms with Crippen molar-refractivity contribution in [2.45, 2.75) is 32.1 Å². The van der Waals surface area contributed by atoms with Crippen molar-refractivity contribution in [3.63, 3.8) is 0 Å². The van der Waals surface area contributed by atoms with Crippen LogP contribution in [0, 0.1) is 0 Å². The Morgan fingerprint density at radius 3 is 2.79 bits per heavy atom. The van der Waals surface area contributed by atoms with Crippen LogP contribution in [0.3, 0.4) is 0 Å². The average molecular weight is 340 g/mol. The molecule has 0 saturated heterocycles. The summed E-state index contributed by atoms with van der Waals surface area (Å²) in [6.45, 7) is 0. The molecule has 0 aliphatic heterocycles. The zero-order chi connectivity index (χ0) is 13.4. The van der Waals surface area contributed by atoms with Crippen molar-refractivity contribution in [3.05, 3.63) is 32.9 Å². The minimum atomic E-state index is 0.716. The van der Waals surface area contributed by atoms with Gasteiger partial charge in [0.05, 0.1) is 10.5 Å². The minimum Gasteiger partial charge on any atom is -0.387 e. The van der Waals surface area contributed by atoms with Crippen LogP contribution >= 0.6 is 27.5 Å². The van der Waals surface area contributed by atoms with Crippen LogP contribution in [0.1, 0.15) is 30.5 Å². The Kier molecular flexibility index (Phi) is 3.68. The number of pyridine rings is 1. The lowest BCUT2D eigenvalue weighted by Gasteiger charge is -2.16. The molecule has 0 spiro atoms. The highest BCUT2D eigenvalue weighted by Crippen LogP contribution is 2.36. The molecule has 0 bridgehead atoms. The number of anilines is 1. The smallest absolute Gasteiger partial charge is 0.0913 e. The number of fused-ring (bicyclic) bond motifs is 2. The van der Waals surface area contributed by atoms with Gasteiger partial charge in [-0.1, -0.05) is 34.0 Å². The summed E-state index contributed by atoms with van der Waals surface area (Å²) in [5, 5.41) is 5.19. The van der Waals surface area contributed by atoms with E-state index in [1.807, 2.05) is 13.1 Å². The van der Waals surface area contributed by atoms with E-state index in [2.05, 4.69) is 27.3 Å². The van der Waals surface area contributed by atoms with Gasteiger partial charge in [-0.05, 0) is 43.4 Å². The van der Waals surface area contributed by atoms with Crippen LogP contribution in [0.5, 0.6) is 0 Å². The first-order valence-electron chi connectivity index (χ1n) is 6.69. The van der Waals surface area contributed by atoms with E-state index in [0.717, 1.165) is 28.2 Å². The number of nitrogens with one attached hydrogen (secondary N) is 1. The lowest BCUT2D eigenvalue weighted by molar-refractivity contribution is 0.709. The van der Waals surface area contributed by atoms with Gasteiger partial charge in [0.15, 0.2) is 0 Å². The van der Waals surface area contributed by atoms with E-state index in [4.69, 9.17) is 16.6 Å². The minimum absolute atomic E-state index is 0.716. The van der Waals surface area contributed by atoms with Crippen LogP contribution in [0.4, 0.5) is 5.69 Å². The van der Waals surface area contributed by atoms with Crippen molar-refractivity contribution >= 4 is 44.1 Å². The molecule has 4 heteroatoms. The van der Waals surface area contributed by atoms with Gasteiger partial charge in [0.1, 0.15) is 0 Å². The first kappa shape index (κ1) is 13.2. The van der Waals surface area contributed by atoms with Gasteiger partial charge in [0, 0.05) is 28.3 Å². The zero-order valence-corrected chi connectivity index (χ0v) is 13.2. The van der Waals surface area contributed by atoms with Crippen molar-refractivity contribution in [2.24, 2.45) is 0 Å². The van der Waals surface area contributed by atoms with Crippen molar-refractivity contribution < 1.29 is 0 Å². The molecule has 1 N–H and O–H groups in total. The molecule has 1 aromatic heterocycles. The van der Waals surface area contributed by atoms with Crippen LogP contribution in [0.2, 0.25) is 5.02 Å². The van der Waals surface area contributed by atoms with Crippen molar-refractivity contribution in [1.29, 1.82) is 0 Å². The molecule has 2 aromatic rings. The average Bonchev–Trinajstić information content (AvgIpc) is 2.61. The van der Waals surface area contributed by atoms with Gasteiger partial charge in [-0.25, -0.2) is 0 Å². The Hall–Kier alpha value is -0.800. The van der Waals surface area contributed by atoms with E-state index >= 15 is 0 Å². The molecule has 0 atom stereocenters. The summed E-state index contributed by atoms with van der Waals surface area (Å²) >= 11 is 9.87. The van der Waals surface area contributed by atoms with Gasteiger partial charge in [-0.15, -0.1) is 0 Å². The molecule has 1 aliphatic carbocycles. The number of aromatic nitrogens is 1. The standard InChI is InChI=1S/C15H16BrClN2/c1-18-14-10-5-3-2-4-6-13(10)19-15-11(14)7-9(16)8-12(15)17/h7-8H,2-6H2,1H3,(H,18,19). The van der Waals surface area contributed by atoms with E-state index in [0.29, 0.717) is 5.02 Å². The van der Waals surface area contributed by atoms with Crippen LogP contribution in [-0.4, -0.2) is 12.0 Å². The van der Waals surface area contributed by atoms with E-state index in [1.165, 1.54) is 36.2 Å². The molecule has 2 nitrogen and oxygen atoms in total. The van der Waals surface area contributed by atoms with Crippen LogP contribution < -0.4 is 5.32 Å². The van der Waals surface area contributed by atoms with Crippen molar-refractivity contribution in [1.82, 2.24) is 4.98 Å². The number of rotatable bonds is 1. The molecule has 1 aromatic carbocycles. The van der Waals surface area contributed by atoms with Gasteiger partial charge in [-0.2, -0.15) is 0 Å². The molecule has 100 valence electrons. The second kappa shape index (κ2) is 5.29. The highest BCUT2D eigenvalue weighted by molar-refractivity contribution is 9.10. The number of nitrogens with zero attached hydrogens (tertiary/aromatic N) is 1. The van der Waals surface area contributed by atoms with Crippen LogP contribution in [-0.2, 0) is 12.8 Å². The second-order valence-electron chi connectivity index (χ2n) is 5.01. The quantitative estimate of drug-likeness (QED) is 0.743. The predicted molar refractivity (Wildman–Crippen MR) is 85.3 cm³/mol. The summed E-state index contributed by atoms with van der Waals surface area (Å²) in [6, 6.07) is 4.02. The van der Waals surface area contributed by atoms with Gasteiger partial charge >= 0.3 is 0 Å². The third-order valence-corrected chi connectivity index (χ3v) is 4.53. The van der Waals surface area contributed by atoms with Crippen LogP contribution in [0.15, 0.2) is 16.6 Å². The van der Waals surface area contributed by atoms with Gasteiger partial charge in [0.25, 0.3) is 0 Å². The third kappa shape index (κ3) is 2.34. The number of benzene rings is 1. The van der Waals surface area contributed by atoms with Crippen LogP contribution in [0.25, 0.3) is 10.9 Å². The zero-order valence-electron chi connectivity index (χ0n) is 10.9. The Morgan fingerprint density at radius 1 is 1.21 bits per heavy atom. The first-order valence-corrected chi connectivity index (χ1v) is 7.86. The normalized spacial score (nSPS) is 15.1. The first-order chi connectivity index (χ1) is 9.20. The summed E-state index contributed by atoms with van der Waals surface area (Å²) in [7, 11) is 1.98. The highest BCUT2D eigenvalue weighted by Gasteiger charge is 2.18. The fourth-order valence-electron chi connectivity index (χ4n) is 2.91. The Morgan fingerprint density at radius 2 is 2.00 bits per heavy atom. The summed E-state index contributed by atoms with van der Waals surface area (Å²) in [4.78, 5) is 4.83. The molecular formula is C15H16BrClN2. The maximum Gasteiger partial charge on any atom is 0.0913 e. The summed E-state index contributed by atoms with van der Waals surface area (Å²) in [5.41, 5.74) is 4.71. The van der Waals surface area contributed by atoms with Gasteiger partial charge < -0.3 is 5.32 Å². The Bertz CT molecular complexity index is 640. The largest absolute Gasteiger partial charge is 0.387 e. The molecular weight excluding hydrogens is 324 g/mol. The molecule has 0 unspecified atom stereocenters. The molecule has 1 aliphatic rings. The predicted octanol–water partition coefficient (Wildman–Crippen LogP) is 4.96. The topological polar surface area (TPSA) is 24.9 Å². The third-order valence-electron chi connectivity index (χ3n) is 3.78. The maximum atomic E-state index is 6.35. The van der Waals surface area contributed by atoms with Crippen molar-refractivity contribution in [2.75, 3.05) is 12.4 Å². The SMILES string of the molecule is CNc1c2c(nc3c(Cl)cc(Br)cc13)CCCCC2. The number of hydrogen-bond acceptors (Lipinski definition) is 2. The van der Waals surface area contributed by atoms with Gasteiger partial charge in [0.2, 0.25) is 0 Å². The summed E-state index contributed by atoms with van der Waals surface area (Å²) in [6.07, 6.45) is 5.93. The van der Waals surface area contributed by atoms with Crippen molar-refractivity contribution in [3.8, 4) is 0 Å². The Labute approximate surface area is 126 Å². The Balaban J connectivity index is 2.36. The fraction of sp³-hybridized carbons (Fsp3) is 0.400. The number of hydrogen-bond donors (Lipinski definition) is 1. The maximum absolute atomic E-state index is 6.35. The second-order valence-corrected chi connectivity index (χ2v) is 6.33. The number of halogens is 2. The van der Waals surface area contributed by atoms with Gasteiger partial charge in [-0.3, -0.25) is 4.98 Å². The summed E-state index contributed by atoms with van der Waals surface area (Å²) in [5.74, 6) is 0. The molecule has 19 heavy (non-hydrogen) atoms. The summed E-state index contributed by atoms with van der Waals surface area (Å²) < 4.78 is 0.997. The highest BCUT2D eigenvalue weighted by atomic mass is 79.9. The molecule has 0 radical (unpaired) electrons. The van der Waals surface area contributed by atoms with E-state index in [9.17, 15) is 0 Å². The molecule has 0 amide bonds. The number of aryl methyl sites for hydroxylation is 1. The molecule has 0 fully saturated rings. The van der Waals surface area contributed by atoms with E-state index < -0.39 is 0 Å². The lowest BCUT2D eigenvalue weighted by atomic mass is 10.0. The fourth-order valence-corrected chi connectivity index (χ4v) is 3.76. The lowest BCUT2D eigenvalue weighted by Crippen LogP contribution is -2.03.